The lowest BCUT2D eigenvalue weighted by atomic mass is 9.82. The van der Waals surface area contributed by atoms with Gasteiger partial charge >= 0.3 is 0 Å². The molecule has 1 rings (SSSR count). The number of rotatable bonds is 5. The van der Waals surface area contributed by atoms with Gasteiger partial charge in [-0.05, 0) is 17.5 Å². The molecule has 0 amide bonds. The third-order valence-electron chi connectivity index (χ3n) is 3.32. The Labute approximate surface area is 120 Å². The van der Waals surface area contributed by atoms with Crippen molar-refractivity contribution in [1.82, 2.24) is 0 Å². The molecule has 5 heteroatoms. The SMILES string of the molecule is COc1ccc([C@H](N)[C@H](O)C(C)(C)C)c(OC)c1OC. The summed E-state index contributed by atoms with van der Waals surface area (Å²) in [7, 11) is 4.63. The van der Waals surface area contributed by atoms with Crippen molar-refractivity contribution < 1.29 is 19.3 Å². The third kappa shape index (κ3) is 3.16. The summed E-state index contributed by atoms with van der Waals surface area (Å²) in [5, 5.41) is 10.4. The molecule has 0 spiro atoms. The van der Waals surface area contributed by atoms with E-state index in [9.17, 15) is 5.11 Å². The number of methoxy groups -OCH3 is 3. The summed E-state index contributed by atoms with van der Waals surface area (Å²) in [6.45, 7) is 5.81. The fraction of sp³-hybridized carbons (Fsp3) is 0.600. The Morgan fingerprint density at radius 1 is 1.00 bits per heavy atom. The maximum absolute atomic E-state index is 10.4. The molecule has 0 saturated carbocycles. The van der Waals surface area contributed by atoms with Crippen LogP contribution >= 0.6 is 0 Å². The zero-order valence-electron chi connectivity index (χ0n) is 13.1. The van der Waals surface area contributed by atoms with E-state index in [0.29, 0.717) is 22.8 Å². The number of nitrogens with two attached hydrogens (primary N) is 1. The van der Waals surface area contributed by atoms with E-state index in [4.69, 9.17) is 19.9 Å². The summed E-state index contributed by atoms with van der Waals surface area (Å²) in [6.07, 6.45) is -0.713. The second kappa shape index (κ2) is 6.33. The van der Waals surface area contributed by atoms with Crippen LogP contribution in [0.15, 0.2) is 12.1 Å². The van der Waals surface area contributed by atoms with Crippen LogP contribution in [0.5, 0.6) is 17.2 Å². The van der Waals surface area contributed by atoms with Gasteiger partial charge in [-0.15, -0.1) is 0 Å². The first kappa shape index (κ1) is 16.6. The van der Waals surface area contributed by atoms with Gasteiger partial charge in [-0.2, -0.15) is 0 Å². The van der Waals surface area contributed by atoms with E-state index in [0.717, 1.165) is 0 Å². The van der Waals surface area contributed by atoms with E-state index < -0.39 is 12.1 Å². The molecule has 0 aliphatic heterocycles. The molecule has 0 aromatic heterocycles. The molecular formula is C15H25NO4. The van der Waals surface area contributed by atoms with E-state index in [1.54, 1.807) is 19.2 Å². The number of ether oxygens (including phenoxy) is 3. The minimum Gasteiger partial charge on any atom is -0.493 e. The van der Waals surface area contributed by atoms with Gasteiger partial charge in [0.25, 0.3) is 0 Å². The summed E-state index contributed by atoms with van der Waals surface area (Å²) >= 11 is 0. The van der Waals surface area contributed by atoms with Crippen LogP contribution in [0.2, 0.25) is 0 Å². The first-order valence-electron chi connectivity index (χ1n) is 6.50. The smallest absolute Gasteiger partial charge is 0.203 e. The number of aliphatic hydroxyl groups excluding tert-OH is 1. The molecule has 0 unspecified atom stereocenters. The minimum atomic E-state index is -0.713. The zero-order chi connectivity index (χ0) is 15.5. The second-order valence-corrected chi connectivity index (χ2v) is 5.76. The van der Waals surface area contributed by atoms with Gasteiger partial charge in [-0.3, -0.25) is 0 Å². The Balaban J connectivity index is 3.31. The van der Waals surface area contributed by atoms with Crippen molar-refractivity contribution in [1.29, 1.82) is 0 Å². The van der Waals surface area contributed by atoms with Gasteiger partial charge < -0.3 is 25.1 Å². The van der Waals surface area contributed by atoms with Crippen molar-refractivity contribution in [2.24, 2.45) is 11.1 Å². The van der Waals surface area contributed by atoms with E-state index in [1.807, 2.05) is 20.8 Å². The van der Waals surface area contributed by atoms with Crippen LogP contribution in [0.25, 0.3) is 0 Å². The second-order valence-electron chi connectivity index (χ2n) is 5.76. The van der Waals surface area contributed by atoms with Crippen LogP contribution in [-0.2, 0) is 0 Å². The molecule has 3 N–H and O–H groups in total. The number of hydrogen-bond acceptors (Lipinski definition) is 5. The highest BCUT2D eigenvalue weighted by atomic mass is 16.5. The molecule has 0 radical (unpaired) electrons. The minimum absolute atomic E-state index is 0.336. The lowest BCUT2D eigenvalue weighted by molar-refractivity contribution is 0.0393. The average Bonchev–Trinajstić information content (AvgIpc) is 2.42. The van der Waals surface area contributed by atoms with Crippen molar-refractivity contribution in [3.8, 4) is 17.2 Å². The van der Waals surface area contributed by atoms with E-state index in [2.05, 4.69) is 0 Å². The number of benzene rings is 1. The molecular weight excluding hydrogens is 258 g/mol. The first-order valence-corrected chi connectivity index (χ1v) is 6.50. The topological polar surface area (TPSA) is 73.9 Å². The maximum atomic E-state index is 10.4. The van der Waals surface area contributed by atoms with Crippen LogP contribution in [0, 0.1) is 5.41 Å². The molecule has 0 fully saturated rings. The van der Waals surface area contributed by atoms with Crippen LogP contribution in [0.3, 0.4) is 0 Å². The lowest BCUT2D eigenvalue weighted by Crippen LogP contribution is -2.37. The van der Waals surface area contributed by atoms with E-state index >= 15 is 0 Å². The molecule has 20 heavy (non-hydrogen) atoms. The fourth-order valence-electron chi connectivity index (χ4n) is 2.10. The van der Waals surface area contributed by atoms with Crippen molar-refractivity contribution in [2.45, 2.75) is 32.9 Å². The van der Waals surface area contributed by atoms with Crippen molar-refractivity contribution in [2.75, 3.05) is 21.3 Å². The highest BCUT2D eigenvalue weighted by Gasteiger charge is 2.32. The Morgan fingerprint density at radius 3 is 1.95 bits per heavy atom. The Hall–Kier alpha value is -1.46. The van der Waals surface area contributed by atoms with Gasteiger partial charge in [-0.25, -0.2) is 0 Å². The zero-order valence-corrected chi connectivity index (χ0v) is 13.1. The normalized spacial score (nSPS) is 14.6. The van der Waals surface area contributed by atoms with Gasteiger partial charge in [0.2, 0.25) is 5.75 Å². The Bertz CT molecular complexity index is 454. The molecule has 5 nitrogen and oxygen atoms in total. The molecule has 1 aromatic carbocycles. The molecule has 0 aliphatic carbocycles. The summed E-state index contributed by atoms with van der Waals surface area (Å²) in [5.74, 6) is 1.53. The van der Waals surface area contributed by atoms with E-state index in [1.165, 1.54) is 14.2 Å². The largest absolute Gasteiger partial charge is 0.493 e. The molecule has 1 aromatic rings. The molecule has 0 bridgehead atoms. The molecule has 0 saturated heterocycles. The van der Waals surface area contributed by atoms with Crippen LogP contribution in [-0.4, -0.2) is 32.5 Å². The summed E-state index contributed by atoms with van der Waals surface area (Å²) < 4.78 is 16.0. The predicted molar refractivity (Wildman–Crippen MR) is 78.5 cm³/mol. The van der Waals surface area contributed by atoms with Gasteiger partial charge in [0.15, 0.2) is 11.5 Å². The first-order chi connectivity index (χ1) is 9.27. The fourth-order valence-corrected chi connectivity index (χ4v) is 2.10. The predicted octanol–water partition coefficient (Wildman–Crippen LogP) is 2.12. The van der Waals surface area contributed by atoms with Gasteiger partial charge in [-0.1, -0.05) is 20.8 Å². The van der Waals surface area contributed by atoms with Crippen molar-refractivity contribution >= 4 is 0 Å². The summed E-state index contributed by atoms with van der Waals surface area (Å²) in [5.41, 5.74) is 6.54. The van der Waals surface area contributed by atoms with Crippen LogP contribution in [0.4, 0.5) is 0 Å². The maximum Gasteiger partial charge on any atom is 0.203 e. The summed E-state index contributed by atoms with van der Waals surface area (Å²) in [4.78, 5) is 0. The van der Waals surface area contributed by atoms with Gasteiger partial charge in [0.1, 0.15) is 0 Å². The van der Waals surface area contributed by atoms with Crippen LogP contribution < -0.4 is 19.9 Å². The highest BCUT2D eigenvalue weighted by Crippen LogP contribution is 2.43. The third-order valence-corrected chi connectivity index (χ3v) is 3.32. The lowest BCUT2D eigenvalue weighted by Gasteiger charge is -2.32. The Kier molecular flexibility index (Phi) is 5.25. The monoisotopic (exact) mass is 283 g/mol. The van der Waals surface area contributed by atoms with Gasteiger partial charge in [0, 0.05) is 5.56 Å². The average molecular weight is 283 g/mol. The molecule has 2 atom stereocenters. The standard InChI is InChI=1S/C15H25NO4/c1-15(2,3)14(17)11(16)9-7-8-10(18-4)13(20-6)12(9)19-5/h7-8,11,14,17H,16H2,1-6H3/t11-,14-/m0/s1. The molecule has 0 aliphatic rings. The quantitative estimate of drug-likeness (QED) is 0.866. The van der Waals surface area contributed by atoms with Crippen LogP contribution in [0.1, 0.15) is 32.4 Å². The molecule has 0 heterocycles. The number of hydrogen-bond donors (Lipinski definition) is 2. The highest BCUT2D eigenvalue weighted by molar-refractivity contribution is 5.56. The van der Waals surface area contributed by atoms with Crippen molar-refractivity contribution in [3.05, 3.63) is 17.7 Å². The van der Waals surface area contributed by atoms with Crippen molar-refractivity contribution in [3.63, 3.8) is 0 Å². The number of aliphatic hydroxyl groups is 1. The Morgan fingerprint density at radius 2 is 1.55 bits per heavy atom. The summed E-state index contributed by atoms with van der Waals surface area (Å²) in [6, 6.07) is 2.97. The van der Waals surface area contributed by atoms with E-state index in [-0.39, 0.29) is 5.41 Å². The molecule has 114 valence electrons. The van der Waals surface area contributed by atoms with Gasteiger partial charge in [0.05, 0.1) is 33.5 Å².